The molecule has 3 heteroatoms. The number of nitrogens with zero attached hydrogens (tertiary/aromatic N) is 2. The van der Waals surface area contributed by atoms with Crippen LogP contribution in [0.1, 0.15) is 35.7 Å². The van der Waals surface area contributed by atoms with Gasteiger partial charge in [0.05, 0.1) is 5.69 Å². The summed E-state index contributed by atoms with van der Waals surface area (Å²) in [5.41, 5.74) is 10.6. The summed E-state index contributed by atoms with van der Waals surface area (Å²) < 4.78 is 0. The summed E-state index contributed by atoms with van der Waals surface area (Å²) in [5, 5.41) is 0. The highest BCUT2D eigenvalue weighted by atomic mass is 14.9. The van der Waals surface area contributed by atoms with Gasteiger partial charge in [0.2, 0.25) is 0 Å². The van der Waals surface area contributed by atoms with Crippen LogP contribution < -0.4 is 5.73 Å². The third kappa shape index (κ3) is 2.38. The maximum absolute atomic E-state index is 5.84. The molecule has 1 heterocycles. The van der Waals surface area contributed by atoms with Gasteiger partial charge in [-0.2, -0.15) is 0 Å². The molecule has 0 atom stereocenters. The smallest absolute Gasteiger partial charge is 0.132 e. The van der Waals surface area contributed by atoms with Gasteiger partial charge in [-0.3, -0.25) is 0 Å². The van der Waals surface area contributed by atoms with E-state index in [2.05, 4.69) is 37.0 Å². The van der Waals surface area contributed by atoms with Crippen LogP contribution in [0.2, 0.25) is 0 Å². The molecule has 1 aliphatic carbocycles. The molecule has 1 fully saturated rings. The Balaban J connectivity index is 1.96. The van der Waals surface area contributed by atoms with Crippen molar-refractivity contribution in [2.75, 3.05) is 0 Å². The zero-order valence-corrected chi connectivity index (χ0v) is 11.4. The normalized spacial score (nSPS) is 22.1. The van der Waals surface area contributed by atoms with E-state index in [9.17, 15) is 0 Å². The highest BCUT2D eigenvalue weighted by molar-refractivity contribution is 5.64. The highest BCUT2D eigenvalue weighted by Crippen LogP contribution is 2.34. The number of hydrogen-bond acceptors (Lipinski definition) is 3. The van der Waals surface area contributed by atoms with Crippen LogP contribution in [0.15, 0.2) is 30.5 Å². The summed E-state index contributed by atoms with van der Waals surface area (Å²) in [6.07, 6.45) is 3.88. The van der Waals surface area contributed by atoms with Gasteiger partial charge in [-0.1, -0.05) is 17.7 Å². The van der Waals surface area contributed by atoms with Gasteiger partial charge in [0.15, 0.2) is 0 Å². The Kier molecular flexibility index (Phi) is 3.07. The van der Waals surface area contributed by atoms with Crippen molar-refractivity contribution in [3.05, 3.63) is 47.4 Å². The number of aryl methyl sites for hydroxylation is 2. The maximum atomic E-state index is 5.84. The largest absolute Gasteiger partial charge is 0.328 e. The van der Waals surface area contributed by atoms with Gasteiger partial charge in [0.25, 0.3) is 0 Å². The third-order valence-electron chi connectivity index (χ3n) is 3.88. The minimum absolute atomic E-state index is 0.331. The molecule has 1 saturated carbocycles. The predicted molar refractivity (Wildman–Crippen MR) is 76.9 cm³/mol. The second-order valence-electron chi connectivity index (χ2n) is 5.55. The van der Waals surface area contributed by atoms with E-state index in [-0.39, 0.29) is 0 Å². The molecule has 3 rings (SSSR count). The van der Waals surface area contributed by atoms with E-state index in [1.54, 1.807) is 0 Å². The fourth-order valence-electron chi connectivity index (χ4n) is 2.60. The van der Waals surface area contributed by atoms with Crippen molar-refractivity contribution in [3.8, 4) is 11.3 Å². The van der Waals surface area contributed by atoms with Crippen LogP contribution in [0.3, 0.4) is 0 Å². The molecule has 1 aromatic carbocycles. The van der Waals surface area contributed by atoms with Crippen molar-refractivity contribution in [2.24, 2.45) is 5.73 Å². The third-order valence-corrected chi connectivity index (χ3v) is 3.88. The molecule has 0 saturated heterocycles. The van der Waals surface area contributed by atoms with E-state index >= 15 is 0 Å². The average Bonchev–Trinajstić information content (AvgIpc) is 2.38. The summed E-state index contributed by atoms with van der Waals surface area (Å²) in [6, 6.07) is 8.79. The molecule has 98 valence electrons. The lowest BCUT2D eigenvalue weighted by Crippen LogP contribution is -2.35. The number of benzene rings is 1. The highest BCUT2D eigenvalue weighted by Gasteiger charge is 2.29. The Bertz CT molecular complexity index is 601. The topological polar surface area (TPSA) is 51.8 Å². The van der Waals surface area contributed by atoms with Gasteiger partial charge >= 0.3 is 0 Å². The van der Waals surface area contributed by atoms with Crippen molar-refractivity contribution < 1.29 is 0 Å². The number of rotatable bonds is 2. The van der Waals surface area contributed by atoms with Crippen LogP contribution in [0.25, 0.3) is 11.3 Å². The van der Waals surface area contributed by atoms with E-state index in [4.69, 9.17) is 10.7 Å². The Morgan fingerprint density at radius 2 is 1.95 bits per heavy atom. The molecule has 1 aromatic heterocycles. The van der Waals surface area contributed by atoms with Crippen LogP contribution in [0.4, 0.5) is 0 Å². The fourth-order valence-corrected chi connectivity index (χ4v) is 2.60. The molecule has 2 N–H and O–H groups in total. The monoisotopic (exact) mass is 253 g/mol. The van der Waals surface area contributed by atoms with Gasteiger partial charge in [0.1, 0.15) is 5.82 Å². The molecular weight excluding hydrogens is 234 g/mol. The number of nitrogens with two attached hydrogens (primary N) is 1. The van der Waals surface area contributed by atoms with E-state index in [1.165, 1.54) is 16.7 Å². The SMILES string of the molecule is Cc1ccc(C)c(-c2ccnc(C3CC(N)C3)n2)c1. The zero-order valence-electron chi connectivity index (χ0n) is 11.4. The minimum Gasteiger partial charge on any atom is -0.328 e. The quantitative estimate of drug-likeness (QED) is 0.895. The van der Waals surface area contributed by atoms with Gasteiger partial charge < -0.3 is 5.73 Å². The Labute approximate surface area is 113 Å². The van der Waals surface area contributed by atoms with Crippen molar-refractivity contribution in [3.63, 3.8) is 0 Å². The second kappa shape index (κ2) is 4.74. The van der Waals surface area contributed by atoms with Crippen molar-refractivity contribution in [1.29, 1.82) is 0 Å². The average molecular weight is 253 g/mol. The van der Waals surface area contributed by atoms with Gasteiger partial charge in [-0.15, -0.1) is 0 Å². The number of hydrogen-bond donors (Lipinski definition) is 1. The lowest BCUT2D eigenvalue weighted by molar-refractivity contribution is 0.338. The molecule has 0 radical (unpaired) electrons. The van der Waals surface area contributed by atoms with Crippen molar-refractivity contribution in [2.45, 2.75) is 38.6 Å². The first kappa shape index (κ1) is 12.3. The first-order valence-electron chi connectivity index (χ1n) is 6.79. The molecule has 0 amide bonds. The zero-order chi connectivity index (χ0) is 13.4. The van der Waals surface area contributed by atoms with Gasteiger partial charge in [-0.25, -0.2) is 9.97 Å². The first-order valence-corrected chi connectivity index (χ1v) is 6.79. The van der Waals surface area contributed by atoms with Crippen LogP contribution in [0.5, 0.6) is 0 Å². The molecule has 0 aliphatic heterocycles. The Morgan fingerprint density at radius 3 is 2.68 bits per heavy atom. The molecule has 0 spiro atoms. The Hall–Kier alpha value is -1.74. The summed E-state index contributed by atoms with van der Waals surface area (Å²) in [5.74, 6) is 1.39. The molecule has 1 aliphatic rings. The standard InChI is InChI=1S/C16H19N3/c1-10-3-4-11(2)14(7-10)15-5-6-18-16(19-15)12-8-13(17)9-12/h3-7,12-13H,8-9,17H2,1-2H3. The molecular formula is C16H19N3. The fraction of sp³-hybridized carbons (Fsp3) is 0.375. The van der Waals surface area contributed by atoms with Crippen molar-refractivity contribution in [1.82, 2.24) is 9.97 Å². The summed E-state index contributed by atoms with van der Waals surface area (Å²) in [7, 11) is 0. The van der Waals surface area contributed by atoms with Gasteiger partial charge in [0, 0.05) is 23.7 Å². The molecule has 2 aromatic rings. The molecule has 3 nitrogen and oxygen atoms in total. The van der Waals surface area contributed by atoms with Crippen LogP contribution in [-0.4, -0.2) is 16.0 Å². The second-order valence-corrected chi connectivity index (χ2v) is 5.55. The van der Waals surface area contributed by atoms with E-state index in [1.807, 2.05) is 12.3 Å². The molecule has 0 bridgehead atoms. The summed E-state index contributed by atoms with van der Waals surface area (Å²) in [4.78, 5) is 9.14. The predicted octanol–water partition coefficient (Wildman–Crippen LogP) is 2.97. The van der Waals surface area contributed by atoms with E-state index in [0.29, 0.717) is 12.0 Å². The van der Waals surface area contributed by atoms with E-state index in [0.717, 1.165) is 24.4 Å². The molecule has 0 unspecified atom stereocenters. The summed E-state index contributed by atoms with van der Waals surface area (Å²) >= 11 is 0. The minimum atomic E-state index is 0.331. The van der Waals surface area contributed by atoms with Crippen LogP contribution in [-0.2, 0) is 0 Å². The number of aromatic nitrogens is 2. The lowest BCUT2D eigenvalue weighted by atomic mass is 9.80. The van der Waals surface area contributed by atoms with Gasteiger partial charge in [-0.05, 0) is 44.4 Å². The van der Waals surface area contributed by atoms with Crippen LogP contribution >= 0.6 is 0 Å². The summed E-state index contributed by atoms with van der Waals surface area (Å²) in [6.45, 7) is 4.23. The Morgan fingerprint density at radius 1 is 1.16 bits per heavy atom. The maximum Gasteiger partial charge on any atom is 0.132 e. The van der Waals surface area contributed by atoms with E-state index < -0.39 is 0 Å². The van der Waals surface area contributed by atoms with Crippen LogP contribution in [0, 0.1) is 13.8 Å². The lowest BCUT2D eigenvalue weighted by Gasteiger charge is -2.31. The first-order chi connectivity index (χ1) is 9.13. The van der Waals surface area contributed by atoms with Crippen molar-refractivity contribution >= 4 is 0 Å². The molecule has 19 heavy (non-hydrogen) atoms.